The number of aromatic nitrogens is 6. The summed E-state index contributed by atoms with van der Waals surface area (Å²) in [5, 5.41) is 4.19. The highest BCUT2D eigenvalue weighted by Crippen LogP contribution is 2.13. The lowest BCUT2D eigenvalue weighted by Crippen LogP contribution is -1.99. The maximum absolute atomic E-state index is 4.19. The summed E-state index contributed by atoms with van der Waals surface area (Å²) in [6.45, 7) is 1.98. The average Bonchev–Trinajstić information content (AvgIpc) is 2.84. The smallest absolute Gasteiger partial charge is 0.182 e. The van der Waals surface area contributed by atoms with Gasteiger partial charge in [-0.05, 0) is 12.5 Å². The Morgan fingerprint density at radius 3 is 3.00 bits per heavy atom. The molecule has 6 heteroatoms. The molecule has 0 amide bonds. The van der Waals surface area contributed by atoms with Crippen LogP contribution < -0.4 is 0 Å². The van der Waals surface area contributed by atoms with Crippen LogP contribution in [-0.4, -0.2) is 29.7 Å². The van der Waals surface area contributed by atoms with Gasteiger partial charge in [0.05, 0.1) is 12.5 Å². The minimum Gasteiger partial charge on any atom is -0.340 e. The highest BCUT2D eigenvalue weighted by atomic mass is 15.3. The third-order valence-corrected chi connectivity index (χ3v) is 2.13. The largest absolute Gasteiger partial charge is 0.340 e. The second-order valence-electron chi connectivity index (χ2n) is 3.26. The fourth-order valence-electron chi connectivity index (χ4n) is 1.45. The summed E-state index contributed by atoms with van der Waals surface area (Å²) in [5.74, 6) is 0.714. The van der Waals surface area contributed by atoms with Crippen LogP contribution in [0.25, 0.3) is 17.0 Å². The quantitative estimate of drug-likeness (QED) is 0.632. The van der Waals surface area contributed by atoms with Crippen LogP contribution in [0.2, 0.25) is 0 Å². The summed E-state index contributed by atoms with van der Waals surface area (Å²) in [6.07, 6.45) is 6.77. The first-order chi connectivity index (χ1) is 7.34. The van der Waals surface area contributed by atoms with E-state index < -0.39 is 0 Å². The van der Waals surface area contributed by atoms with Crippen LogP contribution in [0.1, 0.15) is 5.56 Å². The first-order valence-electron chi connectivity index (χ1n) is 4.50. The van der Waals surface area contributed by atoms with Crippen molar-refractivity contribution in [1.29, 1.82) is 0 Å². The molecule has 6 nitrogen and oxygen atoms in total. The summed E-state index contributed by atoms with van der Waals surface area (Å²) >= 11 is 0. The van der Waals surface area contributed by atoms with Crippen molar-refractivity contribution in [2.45, 2.75) is 6.92 Å². The van der Waals surface area contributed by atoms with Gasteiger partial charge in [-0.2, -0.15) is 5.10 Å². The highest BCUT2D eigenvalue weighted by Gasteiger charge is 2.07. The number of aromatic amines is 1. The van der Waals surface area contributed by atoms with Gasteiger partial charge < -0.3 is 4.98 Å². The predicted octanol–water partition coefficient (Wildman–Crippen LogP) is 0.847. The number of hydrogen-bond acceptors (Lipinski definition) is 4. The number of rotatable bonds is 1. The fourth-order valence-corrected chi connectivity index (χ4v) is 1.45. The number of nitrogens with zero attached hydrogens (tertiary/aromatic N) is 5. The first kappa shape index (κ1) is 8.10. The van der Waals surface area contributed by atoms with E-state index in [9.17, 15) is 0 Å². The van der Waals surface area contributed by atoms with Crippen LogP contribution in [0.4, 0.5) is 0 Å². The topological polar surface area (TPSA) is 72.3 Å². The van der Waals surface area contributed by atoms with Crippen molar-refractivity contribution < 1.29 is 0 Å². The van der Waals surface area contributed by atoms with E-state index in [1.807, 2.05) is 13.1 Å². The van der Waals surface area contributed by atoms with Gasteiger partial charge in [0.25, 0.3) is 0 Å². The Hall–Kier alpha value is -2.24. The molecule has 0 aliphatic heterocycles. The van der Waals surface area contributed by atoms with Crippen LogP contribution in [-0.2, 0) is 0 Å². The highest BCUT2D eigenvalue weighted by molar-refractivity contribution is 5.77. The van der Waals surface area contributed by atoms with Gasteiger partial charge in [0.15, 0.2) is 11.5 Å². The van der Waals surface area contributed by atoms with E-state index in [4.69, 9.17) is 0 Å². The van der Waals surface area contributed by atoms with Crippen molar-refractivity contribution >= 4 is 11.2 Å². The second-order valence-corrected chi connectivity index (χ2v) is 3.26. The number of aryl methyl sites for hydroxylation is 1. The molecule has 0 aliphatic rings. The Bertz CT molecular complexity index is 608. The van der Waals surface area contributed by atoms with Crippen molar-refractivity contribution in [2.75, 3.05) is 0 Å². The number of H-pyrrole nitrogens is 1. The van der Waals surface area contributed by atoms with Gasteiger partial charge in [0.2, 0.25) is 0 Å². The molecule has 0 saturated heterocycles. The zero-order chi connectivity index (χ0) is 10.3. The number of imidazole rings is 1. The third kappa shape index (κ3) is 1.18. The van der Waals surface area contributed by atoms with Gasteiger partial charge in [0.1, 0.15) is 11.8 Å². The van der Waals surface area contributed by atoms with Gasteiger partial charge in [-0.25, -0.2) is 19.6 Å². The minimum atomic E-state index is 0.646. The molecule has 3 heterocycles. The summed E-state index contributed by atoms with van der Waals surface area (Å²) in [5.41, 5.74) is 2.52. The molecular formula is C9H8N6. The van der Waals surface area contributed by atoms with Crippen LogP contribution in [0.5, 0.6) is 0 Å². The Morgan fingerprint density at radius 2 is 2.20 bits per heavy atom. The normalized spacial score (nSPS) is 11.0. The summed E-state index contributed by atoms with van der Waals surface area (Å²) < 4.78 is 1.71. The van der Waals surface area contributed by atoms with E-state index in [1.54, 1.807) is 17.2 Å². The number of hydrogen-bond donors (Lipinski definition) is 1. The molecule has 0 atom stereocenters. The monoisotopic (exact) mass is 200 g/mol. The number of fused-ring (bicyclic) bond motifs is 1. The lowest BCUT2D eigenvalue weighted by Gasteiger charge is -1.99. The van der Waals surface area contributed by atoms with Crippen molar-refractivity contribution in [3.05, 3.63) is 30.6 Å². The van der Waals surface area contributed by atoms with E-state index in [0.29, 0.717) is 11.5 Å². The van der Waals surface area contributed by atoms with Gasteiger partial charge in [0, 0.05) is 6.20 Å². The Morgan fingerprint density at radius 1 is 1.27 bits per heavy atom. The molecule has 3 rings (SSSR count). The zero-order valence-electron chi connectivity index (χ0n) is 8.05. The van der Waals surface area contributed by atoms with E-state index in [0.717, 1.165) is 11.1 Å². The molecule has 0 saturated carbocycles. The van der Waals surface area contributed by atoms with Crippen LogP contribution >= 0.6 is 0 Å². The minimum absolute atomic E-state index is 0.646. The molecule has 0 unspecified atom stereocenters. The molecule has 3 aromatic rings. The lowest BCUT2D eigenvalue weighted by atomic mass is 10.4. The number of nitrogens with one attached hydrogen (secondary N) is 1. The van der Waals surface area contributed by atoms with E-state index in [1.165, 1.54) is 6.33 Å². The summed E-state index contributed by atoms with van der Waals surface area (Å²) in [4.78, 5) is 15.3. The molecule has 0 bridgehead atoms. The lowest BCUT2D eigenvalue weighted by molar-refractivity contribution is 0.848. The van der Waals surface area contributed by atoms with Crippen LogP contribution in [0, 0.1) is 6.92 Å². The first-order valence-corrected chi connectivity index (χ1v) is 4.50. The molecular weight excluding hydrogens is 192 g/mol. The van der Waals surface area contributed by atoms with E-state index in [-0.39, 0.29) is 0 Å². The SMILES string of the molecule is Cc1cnn(-c2ncnc3nc[nH]c23)c1. The molecule has 0 aliphatic carbocycles. The molecule has 74 valence electrons. The van der Waals surface area contributed by atoms with Gasteiger partial charge in [-0.3, -0.25) is 0 Å². The van der Waals surface area contributed by atoms with Crippen LogP contribution in [0.15, 0.2) is 25.0 Å². The Labute approximate surface area is 85.0 Å². The van der Waals surface area contributed by atoms with E-state index in [2.05, 4.69) is 25.0 Å². The van der Waals surface area contributed by atoms with Crippen molar-refractivity contribution in [3.63, 3.8) is 0 Å². The molecule has 0 radical (unpaired) electrons. The summed E-state index contributed by atoms with van der Waals surface area (Å²) in [6, 6.07) is 0. The van der Waals surface area contributed by atoms with E-state index >= 15 is 0 Å². The zero-order valence-corrected chi connectivity index (χ0v) is 8.05. The van der Waals surface area contributed by atoms with Crippen molar-refractivity contribution in [2.24, 2.45) is 0 Å². The maximum Gasteiger partial charge on any atom is 0.182 e. The predicted molar refractivity (Wildman–Crippen MR) is 53.5 cm³/mol. The Balaban J connectivity index is 2.30. The van der Waals surface area contributed by atoms with Gasteiger partial charge in [-0.1, -0.05) is 0 Å². The standard InChI is InChI=1S/C9H8N6/c1-6-2-14-15(3-6)9-7-8(11-4-10-7)12-5-13-9/h2-5H,1H3,(H,10,11,12,13). The molecule has 0 aromatic carbocycles. The van der Waals surface area contributed by atoms with Crippen molar-refractivity contribution in [1.82, 2.24) is 29.7 Å². The Kier molecular flexibility index (Phi) is 1.55. The molecule has 1 N–H and O–H groups in total. The molecule has 0 spiro atoms. The molecule has 3 aromatic heterocycles. The van der Waals surface area contributed by atoms with Gasteiger partial charge in [-0.15, -0.1) is 0 Å². The average molecular weight is 200 g/mol. The molecule has 15 heavy (non-hydrogen) atoms. The van der Waals surface area contributed by atoms with Gasteiger partial charge >= 0.3 is 0 Å². The summed E-state index contributed by atoms with van der Waals surface area (Å²) in [7, 11) is 0. The fraction of sp³-hybridized carbons (Fsp3) is 0.111. The second kappa shape index (κ2) is 2.88. The van der Waals surface area contributed by atoms with Crippen molar-refractivity contribution in [3.8, 4) is 5.82 Å². The third-order valence-electron chi connectivity index (χ3n) is 2.13. The maximum atomic E-state index is 4.19. The molecule has 0 fully saturated rings. The van der Waals surface area contributed by atoms with Crippen LogP contribution in [0.3, 0.4) is 0 Å².